The fourth-order valence-electron chi connectivity index (χ4n) is 1.52. The summed E-state index contributed by atoms with van der Waals surface area (Å²) in [6.45, 7) is 4.52. The van der Waals surface area contributed by atoms with Gasteiger partial charge in [-0.25, -0.2) is 4.79 Å². The van der Waals surface area contributed by atoms with Crippen LogP contribution in [0.25, 0.3) is 0 Å². The number of nitrogens with one attached hydrogen (secondary N) is 2. The zero-order valence-electron chi connectivity index (χ0n) is 12.5. The normalized spacial score (nSPS) is 15.8. The van der Waals surface area contributed by atoms with E-state index in [-0.39, 0.29) is 5.92 Å². The summed E-state index contributed by atoms with van der Waals surface area (Å²) >= 11 is 0. The molecule has 3 atom stereocenters. The van der Waals surface area contributed by atoms with E-state index >= 15 is 0 Å². The summed E-state index contributed by atoms with van der Waals surface area (Å²) in [5.41, 5.74) is 5.32. The Bertz CT molecular complexity index is 476. The highest BCUT2D eigenvalue weighted by Crippen LogP contribution is 2.34. The first-order chi connectivity index (χ1) is 9.85. The number of carboxylic acid groups (broad SMARTS) is 1. The molecule has 0 unspecified atom stereocenters. The molecule has 0 aliphatic heterocycles. The second-order valence-corrected chi connectivity index (χ2v) is 6.95. The average molecular weight is 339 g/mol. The van der Waals surface area contributed by atoms with Gasteiger partial charge in [-0.3, -0.25) is 14.2 Å². The van der Waals surface area contributed by atoms with Crippen LogP contribution < -0.4 is 16.4 Å². The highest BCUT2D eigenvalue weighted by Gasteiger charge is 2.29. The summed E-state index contributed by atoms with van der Waals surface area (Å²) in [5.74, 6) is -3.22. The van der Waals surface area contributed by atoms with Crippen molar-refractivity contribution in [3.63, 3.8) is 0 Å². The maximum Gasteiger partial charge on any atom is 0.327 e. The van der Waals surface area contributed by atoms with Gasteiger partial charge in [0.2, 0.25) is 11.8 Å². The molecule has 22 heavy (non-hydrogen) atoms. The van der Waals surface area contributed by atoms with E-state index in [0.29, 0.717) is 0 Å². The molecule has 128 valence electrons. The van der Waals surface area contributed by atoms with E-state index in [2.05, 4.69) is 10.6 Å². The molecule has 0 saturated heterocycles. The van der Waals surface area contributed by atoms with Crippen molar-refractivity contribution in [2.24, 2.45) is 11.7 Å². The van der Waals surface area contributed by atoms with Crippen molar-refractivity contribution in [2.45, 2.75) is 38.9 Å². The molecule has 2 amide bonds. The molecule has 0 fully saturated rings. The quantitative estimate of drug-likeness (QED) is 0.281. The molecule has 11 heteroatoms. The third-order valence-electron chi connectivity index (χ3n) is 2.75. The Morgan fingerprint density at radius 2 is 1.59 bits per heavy atom. The van der Waals surface area contributed by atoms with Gasteiger partial charge in [0.25, 0.3) is 0 Å². The van der Waals surface area contributed by atoms with Crippen LogP contribution in [0, 0.1) is 5.92 Å². The number of amides is 2. The number of hydrogen-bond donors (Lipinski definition) is 6. The summed E-state index contributed by atoms with van der Waals surface area (Å²) in [4.78, 5) is 51.9. The molecule has 0 bridgehead atoms. The number of carboxylic acids is 1. The van der Waals surface area contributed by atoms with Gasteiger partial charge in [0.05, 0.1) is 12.2 Å². The van der Waals surface area contributed by atoms with Crippen LogP contribution in [-0.2, 0) is 18.9 Å². The lowest BCUT2D eigenvalue weighted by Crippen LogP contribution is -2.54. The number of carbonyl (C=O) groups excluding carboxylic acids is 2. The Hall–Kier alpha value is -1.48. The summed E-state index contributed by atoms with van der Waals surface area (Å²) in [5, 5.41) is 13.4. The van der Waals surface area contributed by atoms with E-state index in [1.165, 1.54) is 6.92 Å². The molecular formula is C11H22N3O7P. The Labute approximate surface area is 127 Å². The summed E-state index contributed by atoms with van der Waals surface area (Å²) in [6, 6.07) is -3.69. The van der Waals surface area contributed by atoms with E-state index in [9.17, 15) is 18.9 Å². The van der Waals surface area contributed by atoms with Crippen LogP contribution in [-0.4, -0.2) is 57.0 Å². The Morgan fingerprint density at radius 3 is 1.95 bits per heavy atom. The van der Waals surface area contributed by atoms with Crippen LogP contribution in [0.5, 0.6) is 0 Å². The number of nitrogens with two attached hydrogens (primary N) is 1. The lowest BCUT2D eigenvalue weighted by molar-refractivity contribution is -0.143. The van der Waals surface area contributed by atoms with Crippen LogP contribution in [0.4, 0.5) is 0 Å². The Kier molecular flexibility index (Phi) is 7.68. The monoisotopic (exact) mass is 339 g/mol. The fourth-order valence-corrected chi connectivity index (χ4v) is 2.20. The predicted molar refractivity (Wildman–Crippen MR) is 76.9 cm³/mol. The number of hydrogen-bond acceptors (Lipinski definition) is 5. The Balaban J connectivity index is 4.62. The van der Waals surface area contributed by atoms with Crippen LogP contribution in [0.15, 0.2) is 0 Å². The van der Waals surface area contributed by atoms with Gasteiger partial charge in [-0.2, -0.15) is 0 Å². The van der Waals surface area contributed by atoms with Crippen LogP contribution in [0.2, 0.25) is 0 Å². The molecule has 10 nitrogen and oxygen atoms in total. The van der Waals surface area contributed by atoms with Gasteiger partial charge >= 0.3 is 13.6 Å². The third kappa shape index (κ3) is 7.51. The highest BCUT2D eigenvalue weighted by atomic mass is 31.2. The molecule has 0 aliphatic carbocycles. The Morgan fingerprint density at radius 1 is 1.09 bits per heavy atom. The van der Waals surface area contributed by atoms with Gasteiger partial charge in [0.1, 0.15) is 12.1 Å². The van der Waals surface area contributed by atoms with Crippen molar-refractivity contribution in [2.75, 3.05) is 6.16 Å². The first-order valence-corrected chi connectivity index (χ1v) is 8.28. The zero-order chi connectivity index (χ0) is 17.7. The highest BCUT2D eigenvalue weighted by molar-refractivity contribution is 7.51. The van der Waals surface area contributed by atoms with Gasteiger partial charge in [-0.1, -0.05) is 13.8 Å². The minimum atomic E-state index is -4.46. The second-order valence-electron chi connectivity index (χ2n) is 5.25. The second kappa shape index (κ2) is 8.23. The molecule has 0 aromatic heterocycles. The molecule has 7 N–H and O–H groups in total. The van der Waals surface area contributed by atoms with Crippen molar-refractivity contribution in [1.29, 1.82) is 0 Å². The van der Waals surface area contributed by atoms with E-state index < -0.39 is 49.7 Å². The van der Waals surface area contributed by atoms with E-state index in [0.717, 1.165) is 0 Å². The lowest BCUT2D eigenvalue weighted by Gasteiger charge is -2.22. The van der Waals surface area contributed by atoms with E-state index in [1.54, 1.807) is 13.8 Å². The first kappa shape index (κ1) is 20.5. The number of aliphatic carboxylic acids is 1. The molecule has 0 aliphatic rings. The fraction of sp³-hybridized carbons (Fsp3) is 0.727. The third-order valence-corrected chi connectivity index (χ3v) is 3.62. The summed E-state index contributed by atoms with van der Waals surface area (Å²) in [7, 11) is -4.46. The molecule has 0 spiro atoms. The molecule has 0 rings (SSSR count). The molecule has 0 radical (unpaired) electrons. The molecule has 0 heterocycles. The average Bonchev–Trinajstić information content (AvgIpc) is 2.32. The lowest BCUT2D eigenvalue weighted by atomic mass is 10.0. The summed E-state index contributed by atoms with van der Waals surface area (Å²) < 4.78 is 10.8. The molecule has 0 saturated carbocycles. The maximum atomic E-state index is 11.8. The predicted octanol–water partition coefficient (Wildman–Crippen LogP) is -1.78. The van der Waals surface area contributed by atoms with E-state index in [4.69, 9.17) is 20.6 Å². The van der Waals surface area contributed by atoms with E-state index in [1.807, 2.05) is 0 Å². The standard InChI is InChI=1S/C11H22N3O7P/c1-5(2)8(11(17)18)14-9(15)6(3)13-10(16)7(12)4-22(19,20)21/h5-8H,4,12H2,1-3H3,(H,13,16)(H,14,15)(H,17,18)(H2,19,20,21)/t6-,7-,8-/m0/s1. The number of rotatable bonds is 8. The van der Waals surface area contributed by atoms with Crippen molar-refractivity contribution >= 4 is 25.4 Å². The largest absolute Gasteiger partial charge is 0.480 e. The van der Waals surface area contributed by atoms with Gasteiger partial charge < -0.3 is 31.3 Å². The van der Waals surface area contributed by atoms with Crippen molar-refractivity contribution in [3.8, 4) is 0 Å². The SMILES string of the molecule is CC(C)[C@H](NC(=O)[C@H](C)NC(=O)[C@@H](N)CP(=O)(O)O)C(=O)O. The minimum Gasteiger partial charge on any atom is -0.480 e. The first-order valence-electron chi connectivity index (χ1n) is 6.49. The molecule has 0 aromatic rings. The smallest absolute Gasteiger partial charge is 0.327 e. The van der Waals surface area contributed by atoms with Crippen molar-refractivity contribution in [1.82, 2.24) is 10.6 Å². The maximum absolute atomic E-state index is 11.8. The zero-order valence-corrected chi connectivity index (χ0v) is 13.4. The topological polar surface area (TPSA) is 179 Å². The van der Waals surface area contributed by atoms with Crippen LogP contribution in [0.3, 0.4) is 0 Å². The summed E-state index contributed by atoms with van der Waals surface area (Å²) in [6.07, 6.45) is -0.850. The van der Waals surface area contributed by atoms with Crippen LogP contribution >= 0.6 is 7.60 Å². The van der Waals surface area contributed by atoms with Gasteiger partial charge in [0.15, 0.2) is 0 Å². The molecular weight excluding hydrogens is 317 g/mol. The van der Waals surface area contributed by atoms with Gasteiger partial charge in [0, 0.05) is 0 Å². The van der Waals surface area contributed by atoms with Gasteiger partial charge in [-0.05, 0) is 12.8 Å². The number of carbonyl (C=O) groups is 3. The van der Waals surface area contributed by atoms with Crippen molar-refractivity contribution < 1.29 is 33.8 Å². The molecule has 0 aromatic carbocycles. The van der Waals surface area contributed by atoms with Crippen molar-refractivity contribution in [3.05, 3.63) is 0 Å². The van der Waals surface area contributed by atoms with Gasteiger partial charge in [-0.15, -0.1) is 0 Å². The minimum absolute atomic E-state index is 0.360. The van der Waals surface area contributed by atoms with Crippen LogP contribution in [0.1, 0.15) is 20.8 Å².